The molecule has 0 bridgehead atoms. The smallest absolute Gasteiger partial charge is 0.195 e. The molecule has 2 aromatic carbocycles. The third-order valence-electron chi connectivity index (χ3n) is 3.86. The molecule has 0 aliphatic rings. The molecule has 7 nitrogen and oxygen atoms in total. The molecular weight excluding hydrogens is 352 g/mol. The van der Waals surface area contributed by atoms with Crippen molar-refractivity contribution in [3.05, 3.63) is 64.6 Å². The number of fused-ring (bicyclic) bond motifs is 2. The normalized spacial score (nSPS) is 13.4. The van der Waals surface area contributed by atoms with Crippen LogP contribution in [0.4, 0.5) is 5.69 Å². The Morgan fingerprint density at radius 3 is 2.73 bits per heavy atom. The second-order valence-electron chi connectivity index (χ2n) is 5.47. The van der Waals surface area contributed by atoms with Crippen LogP contribution in [0.5, 0.6) is 0 Å². The van der Waals surface area contributed by atoms with Crippen molar-refractivity contribution in [2.24, 2.45) is 10.7 Å². The molecule has 3 N–H and O–H groups in total. The molecule has 132 valence electrons. The molecule has 0 saturated heterocycles. The molecule has 1 aromatic heterocycles. The summed E-state index contributed by atoms with van der Waals surface area (Å²) in [6.07, 6.45) is 4.60. The van der Waals surface area contributed by atoms with Crippen molar-refractivity contribution in [1.29, 1.82) is 0 Å². The van der Waals surface area contributed by atoms with Crippen molar-refractivity contribution in [3.63, 3.8) is 0 Å². The van der Waals surface area contributed by atoms with E-state index in [0.29, 0.717) is 38.5 Å². The van der Waals surface area contributed by atoms with E-state index in [1.165, 1.54) is 12.3 Å². The van der Waals surface area contributed by atoms with Crippen molar-refractivity contribution < 1.29 is 8.76 Å². The van der Waals surface area contributed by atoms with Crippen LogP contribution in [0.3, 0.4) is 0 Å². The molecule has 0 fully saturated rings. The van der Waals surface area contributed by atoms with Gasteiger partial charge >= 0.3 is 0 Å². The lowest BCUT2D eigenvalue weighted by molar-refractivity contribution is 0.542. The van der Waals surface area contributed by atoms with E-state index in [0.717, 1.165) is 0 Å². The van der Waals surface area contributed by atoms with Gasteiger partial charge < -0.3 is 15.0 Å². The molecule has 1 unspecified atom stereocenters. The van der Waals surface area contributed by atoms with E-state index < -0.39 is 11.3 Å². The summed E-state index contributed by atoms with van der Waals surface area (Å²) in [5.41, 5.74) is 7.52. The summed E-state index contributed by atoms with van der Waals surface area (Å²) in [5, 5.41) is 1.47. The fourth-order valence-electron chi connectivity index (χ4n) is 2.67. The zero-order valence-corrected chi connectivity index (χ0v) is 14.6. The molecule has 0 aliphatic carbocycles. The SMILES string of the molecule is CN=CC(=CN)c1cnc2ccc3ccc(NS(=O)[O-])cc3c(=O)c2c1. The Morgan fingerprint density at radius 2 is 2.04 bits per heavy atom. The highest BCUT2D eigenvalue weighted by molar-refractivity contribution is 7.80. The average molecular weight is 367 g/mol. The van der Waals surface area contributed by atoms with Crippen LogP contribution < -0.4 is 15.9 Å². The summed E-state index contributed by atoms with van der Waals surface area (Å²) in [7, 11) is 1.62. The lowest BCUT2D eigenvalue weighted by Gasteiger charge is -2.08. The van der Waals surface area contributed by atoms with Crippen LogP contribution in [-0.4, -0.2) is 27.0 Å². The number of benzene rings is 1. The number of nitrogens with zero attached hydrogens (tertiary/aromatic N) is 2. The number of hydrogen-bond donors (Lipinski definition) is 2. The van der Waals surface area contributed by atoms with Crippen molar-refractivity contribution >= 4 is 50.4 Å². The summed E-state index contributed by atoms with van der Waals surface area (Å²) in [5.74, 6) is 0. The third kappa shape index (κ3) is 3.46. The lowest BCUT2D eigenvalue weighted by Crippen LogP contribution is -2.04. The maximum atomic E-state index is 13.0. The standard InChI is InChI=1S/C18H16N4O3S/c1-20-9-13(8-19)12-6-16-17(21-10-12)5-3-11-2-4-14(22-26(24)25)7-15(11)18(16)23/h2-10,22H,19H2,1H3,(H,24,25)/p-1. The zero-order valence-electron chi connectivity index (χ0n) is 13.8. The zero-order chi connectivity index (χ0) is 18.7. The first-order chi connectivity index (χ1) is 12.5. The molecule has 0 spiro atoms. The number of rotatable bonds is 4. The van der Waals surface area contributed by atoms with Gasteiger partial charge in [0.05, 0.1) is 5.52 Å². The fraction of sp³-hybridized carbons (Fsp3) is 0.0556. The van der Waals surface area contributed by atoms with Gasteiger partial charge in [-0.1, -0.05) is 12.1 Å². The van der Waals surface area contributed by atoms with Gasteiger partial charge in [-0.3, -0.25) is 19.0 Å². The molecule has 0 aliphatic heterocycles. The lowest BCUT2D eigenvalue weighted by atomic mass is 10.1. The number of nitrogens with one attached hydrogen (secondary N) is 1. The molecule has 8 heteroatoms. The number of anilines is 1. The maximum absolute atomic E-state index is 13.0. The molecule has 0 saturated carbocycles. The van der Waals surface area contributed by atoms with Gasteiger partial charge in [-0.25, -0.2) is 0 Å². The van der Waals surface area contributed by atoms with Crippen LogP contribution in [0.2, 0.25) is 0 Å². The predicted octanol–water partition coefficient (Wildman–Crippen LogP) is 1.95. The quantitative estimate of drug-likeness (QED) is 0.539. The van der Waals surface area contributed by atoms with E-state index in [2.05, 4.69) is 14.7 Å². The summed E-state index contributed by atoms with van der Waals surface area (Å²) in [6, 6.07) is 10.0. The number of hydrogen-bond acceptors (Lipinski definition) is 6. The number of aliphatic imine (C=N–C) groups is 1. The molecular formula is C18H15N4O3S-. The van der Waals surface area contributed by atoms with Gasteiger partial charge in [-0.05, 0) is 29.7 Å². The van der Waals surface area contributed by atoms with Crippen molar-refractivity contribution in [3.8, 4) is 0 Å². The maximum Gasteiger partial charge on any atom is 0.195 e. The number of pyridine rings is 1. The van der Waals surface area contributed by atoms with Crippen molar-refractivity contribution in [1.82, 2.24) is 4.98 Å². The van der Waals surface area contributed by atoms with Gasteiger partial charge in [0.15, 0.2) is 5.43 Å². The van der Waals surface area contributed by atoms with Gasteiger partial charge in [0.2, 0.25) is 0 Å². The van der Waals surface area contributed by atoms with Gasteiger partial charge in [-0.15, -0.1) is 0 Å². The van der Waals surface area contributed by atoms with Crippen LogP contribution in [0.1, 0.15) is 5.56 Å². The topological polar surface area (TPSA) is 120 Å². The Bertz CT molecular complexity index is 1140. The molecule has 1 atom stereocenters. The van der Waals surface area contributed by atoms with Gasteiger partial charge in [0.25, 0.3) is 0 Å². The minimum absolute atomic E-state index is 0.250. The predicted molar refractivity (Wildman–Crippen MR) is 105 cm³/mol. The van der Waals surface area contributed by atoms with Crippen LogP contribution >= 0.6 is 0 Å². The highest BCUT2D eigenvalue weighted by Gasteiger charge is 2.07. The third-order valence-corrected chi connectivity index (χ3v) is 4.27. The molecule has 1 heterocycles. The number of aromatic nitrogens is 1. The largest absolute Gasteiger partial charge is 0.755 e. The van der Waals surface area contributed by atoms with Crippen LogP contribution in [-0.2, 0) is 11.3 Å². The van der Waals surface area contributed by atoms with E-state index in [9.17, 15) is 13.6 Å². The van der Waals surface area contributed by atoms with E-state index >= 15 is 0 Å². The van der Waals surface area contributed by atoms with E-state index in [4.69, 9.17) is 5.73 Å². The second-order valence-corrected chi connectivity index (χ2v) is 6.14. The second kappa shape index (κ2) is 7.42. The minimum Gasteiger partial charge on any atom is -0.755 e. The average Bonchev–Trinajstić information content (AvgIpc) is 2.76. The molecule has 3 aromatic rings. The van der Waals surface area contributed by atoms with E-state index in [-0.39, 0.29) is 5.43 Å². The summed E-state index contributed by atoms with van der Waals surface area (Å²) in [4.78, 5) is 21.3. The molecule has 0 amide bonds. The Hall–Kier alpha value is -3.10. The van der Waals surface area contributed by atoms with Crippen molar-refractivity contribution in [2.45, 2.75) is 0 Å². The first kappa shape index (κ1) is 17.7. The summed E-state index contributed by atoms with van der Waals surface area (Å²) < 4.78 is 24.0. The van der Waals surface area contributed by atoms with Crippen LogP contribution in [0.25, 0.3) is 27.2 Å². The highest BCUT2D eigenvalue weighted by atomic mass is 32.2. The van der Waals surface area contributed by atoms with Crippen LogP contribution in [0, 0.1) is 0 Å². The fourth-order valence-corrected chi connectivity index (χ4v) is 2.99. The minimum atomic E-state index is -2.47. The van der Waals surface area contributed by atoms with Gasteiger partial charge in [0, 0.05) is 64.5 Å². The Labute approximate surface area is 151 Å². The molecule has 26 heavy (non-hydrogen) atoms. The summed E-state index contributed by atoms with van der Waals surface area (Å²) >= 11 is -2.47. The van der Waals surface area contributed by atoms with E-state index in [1.54, 1.807) is 49.8 Å². The Balaban J connectivity index is 2.32. The monoisotopic (exact) mass is 367 g/mol. The van der Waals surface area contributed by atoms with Gasteiger partial charge in [0.1, 0.15) is 0 Å². The Morgan fingerprint density at radius 1 is 1.27 bits per heavy atom. The Kier molecular flexibility index (Phi) is 5.06. The van der Waals surface area contributed by atoms with E-state index in [1.807, 2.05) is 0 Å². The number of nitrogens with two attached hydrogens (primary N) is 1. The van der Waals surface area contributed by atoms with Gasteiger partial charge in [-0.2, -0.15) is 0 Å². The highest BCUT2D eigenvalue weighted by Crippen LogP contribution is 2.20. The van der Waals surface area contributed by atoms with Crippen molar-refractivity contribution in [2.75, 3.05) is 11.8 Å². The number of allylic oxidation sites excluding steroid dienone is 1. The molecule has 3 rings (SSSR count). The first-order valence-electron chi connectivity index (χ1n) is 7.60. The summed E-state index contributed by atoms with van der Waals surface area (Å²) in [6.45, 7) is 0. The molecule has 0 radical (unpaired) electrons. The van der Waals surface area contributed by atoms with Crippen LogP contribution in [0.15, 0.2) is 58.6 Å². The first-order valence-corrected chi connectivity index (χ1v) is 8.68.